The standard InChI is InChI=1S/C16H8F9N3O3/c17-14(18,19)7-1-8(15(20,21)22)3-10(2-7)26-13(29)27-11-4-9(16(23,24)25)5-12(6-11)28(30)31/h1-6H,(H2,26,27,29). The first-order chi connectivity index (χ1) is 14.0. The Hall–Kier alpha value is -3.52. The number of non-ortho nitro benzene ring substituents is 1. The van der Waals surface area contributed by atoms with Gasteiger partial charge < -0.3 is 10.6 Å². The zero-order chi connectivity index (χ0) is 23.8. The van der Waals surface area contributed by atoms with E-state index in [1.165, 1.54) is 0 Å². The number of hydrogen-bond donors (Lipinski definition) is 2. The number of nitrogens with zero attached hydrogens (tertiary/aromatic N) is 1. The van der Waals surface area contributed by atoms with Crippen LogP contribution >= 0.6 is 0 Å². The van der Waals surface area contributed by atoms with Crippen LogP contribution in [-0.4, -0.2) is 11.0 Å². The number of nitrogens with one attached hydrogen (secondary N) is 2. The van der Waals surface area contributed by atoms with Gasteiger partial charge >= 0.3 is 24.6 Å². The molecule has 0 unspecified atom stereocenters. The maximum Gasteiger partial charge on any atom is 0.416 e. The Balaban J connectivity index is 2.36. The van der Waals surface area contributed by atoms with Gasteiger partial charge in [-0.2, -0.15) is 39.5 Å². The molecule has 0 aliphatic heterocycles. The Morgan fingerprint density at radius 2 is 1.03 bits per heavy atom. The van der Waals surface area contributed by atoms with Crippen LogP contribution in [0.15, 0.2) is 36.4 Å². The smallest absolute Gasteiger partial charge is 0.308 e. The summed E-state index contributed by atoms with van der Waals surface area (Å²) in [5.74, 6) is 0. The molecular formula is C16H8F9N3O3. The summed E-state index contributed by atoms with van der Waals surface area (Å²) in [7, 11) is 0. The summed E-state index contributed by atoms with van der Waals surface area (Å²) in [5.41, 5.74) is -7.82. The second-order valence-electron chi connectivity index (χ2n) is 5.90. The number of nitro groups is 1. The molecule has 2 amide bonds. The van der Waals surface area contributed by atoms with Crippen LogP contribution < -0.4 is 10.6 Å². The third-order valence-corrected chi connectivity index (χ3v) is 3.56. The number of benzene rings is 2. The molecule has 2 aromatic carbocycles. The first-order valence-electron chi connectivity index (χ1n) is 7.71. The highest BCUT2D eigenvalue weighted by molar-refractivity contribution is 6.00. The van der Waals surface area contributed by atoms with Crippen molar-refractivity contribution < 1.29 is 49.2 Å². The molecule has 0 spiro atoms. The third-order valence-electron chi connectivity index (χ3n) is 3.56. The van der Waals surface area contributed by atoms with Gasteiger partial charge in [0.05, 0.1) is 21.6 Å². The lowest BCUT2D eigenvalue weighted by Crippen LogP contribution is -2.21. The maximum absolute atomic E-state index is 12.8. The van der Waals surface area contributed by atoms with Gasteiger partial charge in [-0.25, -0.2) is 4.79 Å². The summed E-state index contributed by atoms with van der Waals surface area (Å²) < 4.78 is 116. The second-order valence-corrected chi connectivity index (χ2v) is 5.90. The van der Waals surface area contributed by atoms with E-state index in [2.05, 4.69) is 0 Å². The van der Waals surface area contributed by atoms with Crippen molar-refractivity contribution in [1.82, 2.24) is 0 Å². The van der Waals surface area contributed by atoms with Gasteiger partial charge in [0, 0.05) is 23.5 Å². The number of carbonyl (C=O) groups excluding carboxylic acids is 1. The van der Waals surface area contributed by atoms with Crippen molar-refractivity contribution in [2.75, 3.05) is 10.6 Å². The number of urea groups is 1. The summed E-state index contributed by atoms with van der Waals surface area (Å²) in [4.78, 5) is 21.5. The first kappa shape index (κ1) is 23.8. The molecule has 6 nitrogen and oxygen atoms in total. The maximum atomic E-state index is 12.8. The molecule has 0 heterocycles. The zero-order valence-electron chi connectivity index (χ0n) is 14.5. The Labute approximate surface area is 165 Å². The predicted octanol–water partition coefficient (Wildman–Crippen LogP) is 6.30. The fourth-order valence-electron chi connectivity index (χ4n) is 2.27. The molecule has 0 saturated carbocycles. The predicted molar refractivity (Wildman–Crippen MR) is 87.2 cm³/mol. The largest absolute Gasteiger partial charge is 0.416 e. The number of alkyl halides is 9. The molecule has 2 rings (SSSR count). The number of hydrogen-bond acceptors (Lipinski definition) is 3. The highest BCUT2D eigenvalue weighted by atomic mass is 19.4. The average Bonchev–Trinajstić information content (AvgIpc) is 2.58. The van der Waals surface area contributed by atoms with Crippen LogP contribution in [0.3, 0.4) is 0 Å². The molecule has 0 radical (unpaired) electrons. The highest BCUT2D eigenvalue weighted by Crippen LogP contribution is 2.38. The van der Waals surface area contributed by atoms with E-state index in [4.69, 9.17) is 0 Å². The van der Waals surface area contributed by atoms with Crippen LogP contribution in [0.2, 0.25) is 0 Å². The van der Waals surface area contributed by atoms with Crippen molar-refractivity contribution in [2.24, 2.45) is 0 Å². The van der Waals surface area contributed by atoms with Gasteiger partial charge in [-0.15, -0.1) is 0 Å². The van der Waals surface area contributed by atoms with Crippen molar-refractivity contribution in [3.8, 4) is 0 Å². The van der Waals surface area contributed by atoms with Gasteiger partial charge in [0.1, 0.15) is 0 Å². The minimum absolute atomic E-state index is 0.170. The van der Waals surface area contributed by atoms with Crippen molar-refractivity contribution in [3.63, 3.8) is 0 Å². The molecule has 15 heteroatoms. The van der Waals surface area contributed by atoms with E-state index >= 15 is 0 Å². The van der Waals surface area contributed by atoms with E-state index < -0.39 is 63.2 Å². The number of rotatable bonds is 3. The van der Waals surface area contributed by atoms with Crippen molar-refractivity contribution in [3.05, 3.63) is 63.2 Å². The summed E-state index contributed by atoms with van der Waals surface area (Å²) in [6.45, 7) is 0. The highest BCUT2D eigenvalue weighted by Gasteiger charge is 2.37. The Morgan fingerprint density at radius 3 is 1.39 bits per heavy atom. The van der Waals surface area contributed by atoms with Gasteiger partial charge in [0.2, 0.25) is 0 Å². The van der Waals surface area contributed by atoms with Gasteiger partial charge in [0.15, 0.2) is 0 Å². The molecule has 0 aliphatic carbocycles. The summed E-state index contributed by atoms with van der Waals surface area (Å²) >= 11 is 0. The molecule has 2 aromatic rings. The molecule has 0 bridgehead atoms. The van der Waals surface area contributed by atoms with Crippen LogP contribution in [0, 0.1) is 10.1 Å². The van der Waals surface area contributed by atoms with E-state index in [0.717, 1.165) is 0 Å². The van der Waals surface area contributed by atoms with Gasteiger partial charge in [-0.3, -0.25) is 10.1 Å². The van der Waals surface area contributed by atoms with E-state index in [0.29, 0.717) is 12.1 Å². The van der Waals surface area contributed by atoms with E-state index in [9.17, 15) is 54.4 Å². The number of carbonyl (C=O) groups is 1. The molecule has 31 heavy (non-hydrogen) atoms. The topological polar surface area (TPSA) is 84.3 Å². The number of anilines is 2. The van der Waals surface area contributed by atoms with E-state index in [1.807, 2.05) is 0 Å². The minimum atomic E-state index is -5.20. The van der Waals surface area contributed by atoms with E-state index in [-0.39, 0.29) is 24.3 Å². The fraction of sp³-hybridized carbons (Fsp3) is 0.188. The lowest BCUT2D eigenvalue weighted by molar-refractivity contribution is -0.385. The molecule has 0 aromatic heterocycles. The molecule has 168 valence electrons. The normalized spacial score (nSPS) is 12.4. The number of halogens is 9. The zero-order valence-corrected chi connectivity index (χ0v) is 14.5. The Morgan fingerprint density at radius 1 is 0.677 bits per heavy atom. The van der Waals surface area contributed by atoms with Crippen LogP contribution in [0.5, 0.6) is 0 Å². The van der Waals surface area contributed by atoms with Crippen LogP contribution in [0.25, 0.3) is 0 Å². The average molecular weight is 461 g/mol. The Kier molecular flexibility index (Phi) is 6.10. The third kappa shape index (κ3) is 6.23. The summed E-state index contributed by atoms with van der Waals surface area (Å²) in [6, 6.07) is -0.416. The number of amides is 2. The van der Waals surface area contributed by atoms with Gasteiger partial charge in [-0.1, -0.05) is 0 Å². The molecule has 0 fully saturated rings. The first-order valence-corrected chi connectivity index (χ1v) is 7.71. The van der Waals surface area contributed by atoms with Crippen LogP contribution in [0.4, 0.5) is 61.4 Å². The second kappa shape index (κ2) is 7.96. The minimum Gasteiger partial charge on any atom is -0.308 e. The lowest BCUT2D eigenvalue weighted by atomic mass is 10.1. The van der Waals surface area contributed by atoms with Gasteiger partial charge in [0.25, 0.3) is 5.69 Å². The van der Waals surface area contributed by atoms with Crippen molar-refractivity contribution >= 4 is 23.1 Å². The van der Waals surface area contributed by atoms with Gasteiger partial charge in [-0.05, 0) is 24.3 Å². The SMILES string of the molecule is O=C(Nc1cc([N+](=O)[O-])cc(C(F)(F)F)c1)Nc1cc(C(F)(F)F)cc(C(F)(F)F)c1. The molecule has 2 N–H and O–H groups in total. The molecule has 0 saturated heterocycles. The van der Waals surface area contributed by atoms with Crippen molar-refractivity contribution in [1.29, 1.82) is 0 Å². The fourth-order valence-corrected chi connectivity index (χ4v) is 2.27. The quantitative estimate of drug-likeness (QED) is 0.320. The van der Waals surface area contributed by atoms with E-state index in [1.54, 1.807) is 10.6 Å². The molecular weight excluding hydrogens is 453 g/mol. The monoisotopic (exact) mass is 461 g/mol. The van der Waals surface area contributed by atoms with Crippen LogP contribution in [0.1, 0.15) is 16.7 Å². The van der Waals surface area contributed by atoms with Crippen molar-refractivity contribution in [2.45, 2.75) is 18.5 Å². The van der Waals surface area contributed by atoms with Crippen LogP contribution in [-0.2, 0) is 18.5 Å². The number of nitro benzene ring substituents is 1. The molecule has 0 aliphatic rings. The lowest BCUT2D eigenvalue weighted by Gasteiger charge is -2.15. The molecule has 0 atom stereocenters. The summed E-state index contributed by atoms with van der Waals surface area (Å²) in [5, 5.41) is 14.1. The Bertz CT molecular complexity index is 982. The summed E-state index contributed by atoms with van der Waals surface area (Å²) in [6.07, 6.45) is -15.4.